The Labute approximate surface area is 189 Å². The molecule has 0 aliphatic heterocycles. The molecule has 1 aromatic carbocycles. The molecule has 160 valence electrons. The Hall–Kier alpha value is -1.94. The molecule has 2 N–H and O–H groups in total. The third-order valence-electron chi connectivity index (χ3n) is 3.88. The minimum atomic E-state index is -0.345. The molecule has 0 aliphatic rings. The van der Waals surface area contributed by atoms with Crippen LogP contribution >= 0.6 is 24.0 Å². The first-order valence-corrected chi connectivity index (χ1v) is 9.47. The van der Waals surface area contributed by atoms with Crippen LogP contribution in [0.1, 0.15) is 25.8 Å². The molecule has 0 spiro atoms. The van der Waals surface area contributed by atoms with Crippen LogP contribution < -0.4 is 15.4 Å². The van der Waals surface area contributed by atoms with Gasteiger partial charge in [0.15, 0.2) is 5.96 Å². The van der Waals surface area contributed by atoms with E-state index in [1.807, 2.05) is 6.07 Å². The topological polar surface area (TPSA) is 67.8 Å². The average molecular weight is 516 g/mol. The second-order valence-electron chi connectivity index (χ2n) is 6.71. The van der Waals surface area contributed by atoms with Crippen LogP contribution in [0.2, 0.25) is 0 Å². The van der Waals surface area contributed by atoms with Gasteiger partial charge in [-0.3, -0.25) is 4.99 Å². The quantitative estimate of drug-likeness (QED) is 0.213. The van der Waals surface area contributed by atoms with Crippen LogP contribution in [0.5, 0.6) is 11.6 Å². The number of aromatic nitrogens is 1. The van der Waals surface area contributed by atoms with Gasteiger partial charge in [0.25, 0.3) is 0 Å². The van der Waals surface area contributed by atoms with Crippen molar-refractivity contribution in [2.75, 3.05) is 26.8 Å². The Bertz CT molecular complexity index is 742. The third-order valence-corrected chi connectivity index (χ3v) is 3.88. The maximum Gasteiger partial charge on any atom is 0.219 e. The lowest BCUT2D eigenvalue weighted by Gasteiger charge is -2.12. The molecule has 1 heterocycles. The highest BCUT2D eigenvalue weighted by Crippen LogP contribution is 2.19. The van der Waals surface area contributed by atoms with Gasteiger partial charge in [0, 0.05) is 45.1 Å². The molecule has 29 heavy (non-hydrogen) atoms. The number of guanidine groups is 1. The number of rotatable bonds is 10. The molecule has 0 saturated carbocycles. The minimum absolute atomic E-state index is 0. The van der Waals surface area contributed by atoms with Crippen molar-refractivity contribution in [3.05, 3.63) is 54.0 Å². The second kappa shape index (κ2) is 14.1. The van der Waals surface area contributed by atoms with Gasteiger partial charge < -0.3 is 20.1 Å². The monoisotopic (exact) mass is 516 g/mol. The number of nitrogens with one attached hydrogen (secondary N) is 2. The van der Waals surface area contributed by atoms with E-state index in [1.54, 1.807) is 31.4 Å². The summed E-state index contributed by atoms with van der Waals surface area (Å²) in [7, 11) is 1.73. The molecule has 0 unspecified atom stereocenters. The lowest BCUT2D eigenvalue weighted by Crippen LogP contribution is -2.38. The first-order chi connectivity index (χ1) is 13.6. The first-order valence-electron chi connectivity index (χ1n) is 9.47. The summed E-state index contributed by atoms with van der Waals surface area (Å²) in [6.45, 7) is 7.05. The normalized spacial score (nSPS) is 11.1. The van der Waals surface area contributed by atoms with Crippen LogP contribution in [0.15, 0.2) is 47.6 Å². The van der Waals surface area contributed by atoms with Gasteiger partial charge in [-0.2, -0.15) is 0 Å². The number of aliphatic imine (C=N–C) groups is 1. The number of ether oxygens (including phenoxy) is 2. The Balaban J connectivity index is 0.00000420. The van der Waals surface area contributed by atoms with E-state index in [0.29, 0.717) is 43.2 Å². The lowest BCUT2D eigenvalue weighted by molar-refractivity contribution is 0.128. The minimum Gasteiger partial charge on any atom is -0.439 e. The van der Waals surface area contributed by atoms with E-state index in [0.717, 1.165) is 18.6 Å². The number of benzene rings is 1. The smallest absolute Gasteiger partial charge is 0.219 e. The van der Waals surface area contributed by atoms with Crippen LogP contribution in [0, 0.1) is 11.7 Å². The molecule has 0 aliphatic carbocycles. The maximum absolute atomic E-state index is 13.2. The van der Waals surface area contributed by atoms with E-state index >= 15 is 0 Å². The van der Waals surface area contributed by atoms with E-state index in [2.05, 4.69) is 34.5 Å². The fourth-order valence-corrected chi connectivity index (χ4v) is 2.30. The molecular formula is C21H30FIN4O2. The Morgan fingerprint density at radius 3 is 2.66 bits per heavy atom. The summed E-state index contributed by atoms with van der Waals surface area (Å²) in [5, 5.41) is 6.43. The summed E-state index contributed by atoms with van der Waals surface area (Å²) in [6, 6.07) is 9.62. The predicted molar refractivity (Wildman–Crippen MR) is 125 cm³/mol. The SMILES string of the molecule is CN=C(NCCOCCC(C)C)NCc1ccc(Oc2cccc(F)c2)nc1.I. The largest absolute Gasteiger partial charge is 0.439 e. The molecule has 0 fully saturated rings. The van der Waals surface area contributed by atoms with Crippen molar-refractivity contribution < 1.29 is 13.9 Å². The van der Waals surface area contributed by atoms with E-state index in [-0.39, 0.29) is 29.8 Å². The highest BCUT2D eigenvalue weighted by molar-refractivity contribution is 14.0. The van der Waals surface area contributed by atoms with Crippen LogP contribution in [0.25, 0.3) is 0 Å². The average Bonchev–Trinajstić information content (AvgIpc) is 2.68. The van der Waals surface area contributed by atoms with E-state index in [1.165, 1.54) is 12.1 Å². The van der Waals surface area contributed by atoms with Gasteiger partial charge in [0.05, 0.1) is 6.61 Å². The number of halogens is 2. The summed E-state index contributed by atoms with van der Waals surface area (Å²) < 4.78 is 24.3. The first kappa shape index (κ1) is 25.1. The molecular weight excluding hydrogens is 486 g/mol. The molecule has 6 nitrogen and oxygen atoms in total. The lowest BCUT2D eigenvalue weighted by atomic mass is 10.1. The predicted octanol–water partition coefficient (Wildman–Crippen LogP) is 4.36. The van der Waals surface area contributed by atoms with Gasteiger partial charge in [-0.25, -0.2) is 9.37 Å². The molecule has 0 amide bonds. The van der Waals surface area contributed by atoms with E-state index < -0.39 is 0 Å². The van der Waals surface area contributed by atoms with Crippen LogP contribution in [-0.4, -0.2) is 37.7 Å². The summed E-state index contributed by atoms with van der Waals surface area (Å²) in [5.41, 5.74) is 0.975. The number of nitrogens with zero attached hydrogens (tertiary/aromatic N) is 2. The fourth-order valence-electron chi connectivity index (χ4n) is 2.30. The molecule has 0 radical (unpaired) electrons. The van der Waals surface area contributed by atoms with Crippen molar-refractivity contribution in [2.24, 2.45) is 10.9 Å². The number of hydrogen-bond acceptors (Lipinski definition) is 4. The summed E-state index contributed by atoms with van der Waals surface area (Å²) in [5.74, 6) is 1.84. The standard InChI is InChI=1S/C21H29FN4O2.HI/c1-16(2)9-11-27-12-10-24-21(23-3)26-15-17-7-8-20(25-14-17)28-19-6-4-5-18(22)13-19;/h4-8,13-14,16H,9-12,15H2,1-3H3,(H2,23,24,26);1H. The molecule has 2 aromatic rings. The van der Waals surface area contributed by atoms with Crippen molar-refractivity contribution in [1.29, 1.82) is 0 Å². The molecule has 0 bridgehead atoms. The third kappa shape index (κ3) is 10.4. The summed E-state index contributed by atoms with van der Waals surface area (Å²) >= 11 is 0. The van der Waals surface area contributed by atoms with E-state index in [9.17, 15) is 4.39 Å². The second-order valence-corrected chi connectivity index (χ2v) is 6.71. The zero-order valence-corrected chi connectivity index (χ0v) is 19.5. The van der Waals surface area contributed by atoms with Crippen LogP contribution in [0.4, 0.5) is 4.39 Å². The zero-order chi connectivity index (χ0) is 20.2. The summed E-state index contributed by atoms with van der Waals surface area (Å²) in [6.07, 6.45) is 2.78. The summed E-state index contributed by atoms with van der Waals surface area (Å²) in [4.78, 5) is 8.44. The zero-order valence-electron chi connectivity index (χ0n) is 17.2. The highest BCUT2D eigenvalue weighted by Gasteiger charge is 2.02. The van der Waals surface area contributed by atoms with Crippen molar-refractivity contribution in [3.63, 3.8) is 0 Å². The number of pyridine rings is 1. The molecule has 1 aromatic heterocycles. The molecule has 2 rings (SSSR count). The molecule has 0 saturated heterocycles. The van der Waals surface area contributed by atoms with Gasteiger partial charge in [-0.15, -0.1) is 24.0 Å². The van der Waals surface area contributed by atoms with Gasteiger partial charge in [-0.1, -0.05) is 26.0 Å². The molecule has 0 atom stereocenters. The highest BCUT2D eigenvalue weighted by atomic mass is 127. The van der Waals surface area contributed by atoms with Gasteiger partial charge in [0.2, 0.25) is 5.88 Å². The fraction of sp³-hybridized carbons (Fsp3) is 0.429. The van der Waals surface area contributed by atoms with Crippen LogP contribution in [-0.2, 0) is 11.3 Å². The maximum atomic E-state index is 13.2. The van der Waals surface area contributed by atoms with E-state index in [4.69, 9.17) is 9.47 Å². The Kier molecular flexibility index (Phi) is 12.2. The Morgan fingerprint density at radius 2 is 2.00 bits per heavy atom. The van der Waals surface area contributed by atoms with Crippen molar-refractivity contribution in [3.8, 4) is 11.6 Å². The van der Waals surface area contributed by atoms with Crippen LogP contribution in [0.3, 0.4) is 0 Å². The Morgan fingerprint density at radius 1 is 1.17 bits per heavy atom. The number of hydrogen-bond donors (Lipinski definition) is 2. The van der Waals surface area contributed by atoms with Gasteiger partial charge >= 0.3 is 0 Å². The van der Waals surface area contributed by atoms with Gasteiger partial charge in [-0.05, 0) is 30.0 Å². The molecule has 8 heteroatoms. The van der Waals surface area contributed by atoms with Crippen molar-refractivity contribution in [2.45, 2.75) is 26.8 Å². The van der Waals surface area contributed by atoms with Gasteiger partial charge in [0.1, 0.15) is 11.6 Å². The van der Waals surface area contributed by atoms with Crippen molar-refractivity contribution in [1.82, 2.24) is 15.6 Å². The van der Waals surface area contributed by atoms with Crippen molar-refractivity contribution >= 4 is 29.9 Å².